The zero-order chi connectivity index (χ0) is 11.5. The Balaban J connectivity index is 2.35. The van der Waals surface area contributed by atoms with E-state index in [9.17, 15) is 0 Å². The van der Waals surface area contributed by atoms with Crippen molar-refractivity contribution in [2.45, 2.75) is 26.3 Å². The van der Waals surface area contributed by atoms with Crippen LogP contribution < -0.4 is 5.73 Å². The molecule has 0 bridgehead atoms. The summed E-state index contributed by atoms with van der Waals surface area (Å²) >= 11 is 0. The first-order valence-corrected chi connectivity index (χ1v) is 5.54. The van der Waals surface area contributed by atoms with Crippen molar-refractivity contribution < 1.29 is 0 Å². The molecule has 2 rings (SSSR count). The van der Waals surface area contributed by atoms with E-state index in [0.717, 1.165) is 11.4 Å². The van der Waals surface area contributed by atoms with Crippen LogP contribution in [0.25, 0.3) is 5.69 Å². The third-order valence-corrected chi connectivity index (χ3v) is 2.76. The van der Waals surface area contributed by atoms with Crippen molar-refractivity contribution >= 4 is 0 Å². The quantitative estimate of drug-likeness (QED) is 0.854. The summed E-state index contributed by atoms with van der Waals surface area (Å²) in [5.41, 5.74) is 9.13. The summed E-state index contributed by atoms with van der Waals surface area (Å²) in [4.78, 5) is 4.11. The Labute approximate surface area is 95.9 Å². The lowest BCUT2D eigenvalue weighted by Crippen LogP contribution is -2.04. The molecule has 0 unspecified atom stereocenters. The van der Waals surface area contributed by atoms with Crippen LogP contribution in [0.4, 0.5) is 0 Å². The molecule has 0 atom stereocenters. The molecule has 0 spiro atoms. The van der Waals surface area contributed by atoms with Gasteiger partial charge in [0.2, 0.25) is 0 Å². The first-order chi connectivity index (χ1) is 7.72. The summed E-state index contributed by atoms with van der Waals surface area (Å²) in [7, 11) is 0. The fourth-order valence-electron chi connectivity index (χ4n) is 1.73. The van der Waals surface area contributed by atoms with E-state index in [4.69, 9.17) is 5.73 Å². The maximum atomic E-state index is 5.65. The van der Waals surface area contributed by atoms with Gasteiger partial charge in [0, 0.05) is 18.4 Å². The van der Waals surface area contributed by atoms with E-state index < -0.39 is 0 Å². The number of benzene rings is 1. The van der Waals surface area contributed by atoms with E-state index in [-0.39, 0.29) is 0 Å². The van der Waals surface area contributed by atoms with Gasteiger partial charge in [0.05, 0.1) is 12.0 Å². The minimum Gasteiger partial charge on any atom is -0.325 e. The number of rotatable bonds is 3. The molecule has 0 fully saturated rings. The average Bonchev–Trinajstić information content (AvgIpc) is 2.77. The molecule has 2 aromatic rings. The Morgan fingerprint density at radius 2 is 1.94 bits per heavy atom. The fraction of sp³-hybridized carbons (Fsp3) is 0.308. The molecule has 16 heavy (non-hydrogen) atoms. The SMILES string of the molecule is CC(C)c1ccc(-n2cncc2CN)cc1. The zero-order valence-electron chi connectivity index (χ0n) is 9.72. The fourth-order valence-corrected chi connectivity index (χ4v) is 1.73. The van der Waals surface area contributed by atoms with Crippen LogP contribution in [0, 0.1) is 0 Å². The number of hydrogen-bond acceptors (Lipinski definition) is 2. The minimum absolute atomic E-state index is 0.506. The lowest BCUT2D eigenvalue weighted by molar-refractivity contribution is 0.861. The van der Waals surface area contributed by atoms with Crippen LogP contribution in [0.1, 0.15) is 31.0 Å². The molecule has 0 aliphatic rings. The molecule has 2 N–H and O–H groups in total. The van der Waals surface area contributed by atoms with Gasteiger partial charge in [0.15, 0.2) is 0 Å². The molecule has 0 aliphatic heterocycles. The molecular weight excluding hydrogens is 198 g/mol. The van der Waals surface area contributed by atoms with Gasteiger partial charge in [-0.1, -0.05) is 26.0 Å². The Morgan fingerprint density at radius 3 is 2.50 bits per heavy atom. The average molecular weight is 215 g/mol. The van der Waals surface area contributed by atoms with Crippen LogP contribution in [-0.2, 0) is 6.54 Å². The van der Waals surface area contributed by atoms with Crippen molar-refractivity contribution in [1.29, 1.82) is 0 Å². The number of aromatic nitrogens is 2. The Bertz CT molecular complexity index is 454. The third-order valence-electron chi connectivity index (χ3n) is 2.76. The largest absolute Gasteiger partial charge is 0.325 e. The van der Waals surface area contributed by atoms with Crippen LogP contribution in [0.5, 0.6) is 0 Å². The smallest absolute Gasteiger partial charge is 0.0994 e. The number of nitrogens with two attached hydrogens (primary N) is 1. The second-order valence-electron chi connectivity index (χ2n) is 4.21. The Hall–Kier alpha value is -1.61. The molecule has 0 saturated carbocycles. The monoisotopic (exact) mass is 215 g/mol. The molecule has 1 aromatic heterocycles. The summed E-state index contributed by atoms with van der Waals surface area (Å²) in [6.45, 7) is 4.89. The highest BCUT2D eigenvalue weighted by molar-refractivity contribution is 5.37. The number of hydrogen-bond donors (Lipinski definition) is 1. The van der Waals surface area contributed by atoms with Gasteiger partial charge in [-0.05, 0) is 23.6 Å². The van der Waals surface area contributed by atoms with E-state index in [1.165, 1.54) is 5.56 Å². The van der Waals surface area contributed by atoms with Crippen molar-refractivity contribution in [2.24, 2.45) is 5.73 Å². The van der Waals surface area contributed by atoms with E-state index in [2.05, 4.69) is 43.1 Å². The second-order valence-corrected chi connectivity index (χ2v) is 4.21. The summed E-state index contributed by atoms with van der Waals surface area (Å²) in [6, 6.07) is 8.52. The second kappa shape index (κ2) is 4.49. The van der Waals surface area contributed by atoms with Gasteiger partial charge in [0.1, 0.15) is 0 Å². The molecule has 3 heteroatoms. The molecule has 0 amide bonds. The van der Waals surface area contributed by atoms with E-state index in [1.807, 2.05) is 4.57 Å². The Morgan fingerprint density at radius 1 is 1.25 bits per heavy atom. The predicted molar refractivity (Wildman–Crippen MR) is 65.5 cm³/mol. The van der Waals surface area contributed by atoms with Crippen molar-refractivity contribution in [3.8, 4) is 5.69 Å². The van der Waals surface area contributed by atoms with Crippen molar-refractivity contribution in [3.63, 3.8) is 0 Å². The summed E-state index contributed by atoms with van der Waals surface area (Å²) < 4.78 is 2.02. The first-order valence-electron chi connectivity index (χ1n) is 5.54. The first kappa shape index (κ1) is 10.9. The third kappa shape index (κ3) is 1.99. The predicted octanol–water partition coefficient (Wildman–Crippen LogP) is 2.45. The maximum Gasteiger partial charge on any atom is 0.0994 e. The molecular formula is C13H17N3. The van der Waals surface area contributed by atoms with Gasteiger partial charge >= 0.3 is 0 Å². The summed E-state index contributed by atoms with van der Waals surface area (Å²) in [5, 5.41) is 0. The van der Waals surface area contributed by atoms with E-state index in [1.54, 1.807) is 12.5 Å². The maximum absolute atomic E-state index is 5.65. The van der Waals surface area contributed by atoms with E-state index in [0.29, 0.717) is 12.5 Å². The number of nitrogens with zero attached hydrogens (tertiary/aromatic N) is 2. The molecule has 84 valence electrons. The molecule has 3 nitrogen and oxygen atoms in total. The lowest BCUT2D eigenvalue weighted by Gasteiger charge is -2.09. The van der Waals surface area contributed by atoms with Gasteiger partial charge in [-0.3, -0.25) is 0 Å². The molecule has 0 saturated heterocycles. The van der Waals surface area contributed by atoms with Gasteiger partial charge < -0.3 is 10.3 Å². The van der Waals surface area contributed by atoms with Gasteiger partial charge in [-0.25, -0.2) is 4.98 Å². The molecule has 1 aromatic carbocycles. The standard InChI is InChI=1S/C13H17N3/c1-10(2)11-3-5-12(6-4-11)16-9-15-8-13(16)7-14/h3-6,8-10H,7,14H2,1-2H3. The van der Waals surface area contributed by atoms with Crippen molar-refractivity contribution in [3.05, 3.63) is 48.0 Å². The zero-order valence-corrected chi connectivity index (χ0v) is 9.72. The molecule has 0 radical (unpaired) electrons. The number of imidazole rings is 1. The van der Waals surface area contributed by atoms with Crippen LogP contribution in [0.15, 0.2) is 36.8 Å². The Kier molecular flexibility index (Phi) is 3.06. The summed E-state index contributed by atoms with van der Waals surface area (Å²) in [5.74, 6) is 0.561. The summed E-state index contributed by atoms with van der Waals surface area (Å²) in [6.07, 6.45) is 3.60. The topological polar surface area (TPSA) is 43.8 Å². The lowest BCUT2D eigenvalue weighted by atomic mass is 10.0. The minimum atomic E-state index is 0.506. The molecule has 0 aliphatic carbocycles. The van der Waals surface area contributed by atoms with E-state index >= 15 is 0 Å². The van der Waals surface area contributed by atoms with Crippen LogP contribution in [0.2, 0.25) is 0 Å². The normalized spacial score (nSPS) is 11.0. The van der Waals surface area contributed by atoms with Gasteiger partial charge in [-0.15, -0.1) is 0 Å². The highest BCUT2D eigenvalue weighted by Crippen LogP contribution is 2.17. The van der Waals surface area contributed by atoms with Crippen molar-refractivity contribution in [1.82, 2.24) is 9.55 Å². The van der Waals surface area contributed by atoms with Gasteiger partial charge in [-0.2, -0.15) is 0 Å². The van der Waals surface area contributed by atoms with Crippen LogP contribution in [0.3, 0.4) is 0 Å². The highest BCUT2D eigenvalue weighted by Gasteiger charge is 2.03. The van der Waals surface area contributed by atoms with Crippen molar-refractivity contribution in [2.75, 3.05) is 0 Å². The van der Waals surface area contributed by atoms with Crippen LogP contribution >= 0.6 is 0 Å². The van der Waals surface area contributed by atoms with Crippen LogP contribution in [-0.4, -0.2) is 9.55 Å². The van der Waals surface area contributed by atoms with Gasteiger partial charge in [0.25, 0.3) is 0 Å². The molecule has 1 heterocycles. The highest BCUT2D eigenvalue weighted by atomic mass is 15.1.